The number of amides is 1. The maximum Gasteiger partial charge on any atom is 0.330 e. The van der Waals surface area contributed by atoms with Gasteiger partial charge in [-0.2, -0.15) is 0 Å². The highest BCUT2D eigenvalue weighted by atomic mass is 32.2. The zero-order chi connectivity index (χ0) is 21.6. The Morgan fingerprint density at radius 3 is 2.55 bits per heavy atom. The number of nitrogens with two attached hydrogens (primary N) is 1. The third-order valence-electron chi connectivity index (χ3n) is 4.65. The maximum atomic E-state index is 13.1. The van der Waals surface area contributed by atoms with Crippen LogP contribution < -0.4 is 21.9 Å². The van der Waals surface area contributed by atoms with Gasteiger partial charge in [0, 0.05) is 18.0 Å². The summed E-state index contributed by atoms with van der Waals surface area (Å²) in [5, 5.41) is 0. The van der Waals surface area contributed by atoms with Gasteiger partial charge >= 0.3 is 5.69 Å². The van der Waals surface area contributed by atoms with E-state index in [0.717, 1.165) is 23.3 Å². The molecule has 0 atom stereocenters. The predicted molar refractivity (Wildman–Crippen MR) is 120 cm³/mol. The summed E-state index contributed by atoms with van der Waals surface area (Å²) in [4.78, 5) is 42.5. The Balaban J connectivity index is 2.36. The second kappa shape index (κ2) is 10.3. The first kappa shape index (κ1) is 22.8. The van der Waals surface area contributed by atoms with Crippen molar-refractivity contribution >= 4 is 29.2 Å². The molecule has 1 aromatic heterocycles. The molecule has 0 radical (unpaired) electrons. The number of rotatable bonds is 9. The number of nitrogens with one attached hydrogen (secondary N) is 1. The molecule has 29 heavy (non-hydrogen) atoms. The highest BCUT2D eigenvalue weighted by Crippen LogP contribution is 2.25. The molecule has 3 N–H and O–H groups in total. The molecule has 1 aromatic carbocycles. The minimum atomic E-state index is -0.624. The molecule has 8 heteroatoms. The number of aromatic amines is 1. The van der Waals surface area contributed by atoms with Crippen molar-refractivity contribution in [2.75, 3.05) is 22.9 Å². The maximum absolute atomic E-state index is 13.1. The van der Waals surface area contributed by atoms with E-state index in [2.05, 4.69) is 11.1 Å². The van der Waals surface area contributed by atoms with Crippen LogP contribution in [0.5, 0.6) is 0 Å². The number of thioether (sulfide) groups is 1. The first-order valence-electron chi connectivity index (χ1n) is 9.93. The Hall–Kier alpha value is -2.48. The van der Waals surface area contributed by atoms with E-state index >= 15 is 0 Å². The molecule has 1 heterocycles. The van der Waals surface area contributed by atoms with Gasteiger partial charge in [-0.1, -0.05) is 38.0 Å². The smallest absolute Gasteiger partial charge is 0.330 e. The van der Waals surface area contributed by atoms with E-state index in [1.165, 1.54) is 26.8 Å². The Kier molecular flexibility index (Phi) is 8.13. The summed E-state index contributed by atoms with van der Waals surface area (Å²) >= 11 is 1.44. The molecule has 0 saturated carbocycles. The van der Waals surface area contributed by atoms with E-state index in [0.29, 0.717) is 19.5 Å². The van der Waals surface area contributed by atoms with Gasteiger partial charge < -0.3 is 10.6 Å². The summed E-state index contributed by atoms with van der Waals surface area (Å²) in [6.07, 6.45) is 2.27. The number of aryl methyl sites for hydroxylation is 2. The first-order chi connectivity index (χ1) is 13.8. The number of nitrogen functional groups attached to an aromatic ring is 1. The van der Waals surface area contributed by atoms with Crippen LogP contribution in [0.15, 0.2) is 32.7 Å². The highest BCUT2D eigenvalue weighted by Gasteiger charge is 2.24. The van der Waals surface area contributed by atoms with Crippen molar-refractivity contribution in [1.82, 2.24) is 9.55 Å². The number of unbranched alkanes of at least 4 members (excludes halogenated alkanes) is 1. The average molecular weight is 419 g/mol. The van der Waals surface area contributed by atoms with Crippen LogP contribution in [0, 0.1) is 13.8 Å². The SMILES string of the molecule is CCCCN(C(=O)CSc1ccc(C)cc1C)c1c(N)n(CCC)c(=O)[nH]c1=O. The summed E-state index contributed by atoms with van der Waals surface area (Å²) in [7, 11) is 0. The van der Waals surface area contributed by atoms with Crippen LogP contribution in [0.4, 0.5) is 11.5 Å². The van der Waals surface area contributed by atoms with Gasteiger partial charge in [-0.15, -0.1) is 11.8 Å². The predicted octanol–water partition coefficient (Wildman–Crippen LogP) is 3.07. The van der Waals surface area contributed by atoms with Crippen molar-refractivity contribution in [2.24, 2.45) is 0 Å². The number of benzene rings is 1. The number of H-pyrrole nitrogens is 1. The molecule has 0 aliphatic rings. The Labute approximate surface area is 175 Å². The largest absolute Gasteiger partial charge is 0.383 e. The van der Waals surface area contributed by atoms with Crippen molar-refractivity contribution in [1.29, 1.82) is 0 Å². The Morgan fingerprint density at radius 2 is 1.93 bits per heavy atom. The summed E-state index contributed by atoms with van der Waals surface area (Å²) in [5.74, 6) is 0.0169. The number of aromatic nitrogens is 2. The highest BCUT2D eigenvalue weighted by molar-refractivity contribution is 8.00. The fraction of sp³-hybridized carbons (Fsp3) is 0.476. The molecule has 0 bridgehead atoms. The van der Waals surface area contributed by atoms with Gasteiger partial charge in [0.1, 0.15) is 5.82 Å². The molecule has 2 rings (SSSR count). The molecule has 158 valence electrons. The monoisotopic (exact) mass is 418 g/mol. The second-order valence-corrected chi connectivity index (χ2v) is 8.12. The van der Waals surface area contributed by atoms with Gasteiger partial charge in [-0.25, -0.2) is 4.79 Å². The van der Waals surface area contributed by atoms with E-state index in [1.807, 2.05) is 39.8 Å². The summed E-state index contributed by atoms with van der Waals surface area (Å²) in [5.41, 5.74) is 7.34. The topological polar surface area (TPSA) is 101 Å². The molecule has 7 nitrogen and oxygen atoms in total. The number of nitrogens with zero attached hydrogens (tertiary/aromatic N) is 2. The van der Waals surface area contributed by atoms with Crippen molar-refractivity contribution in [2.45, 2.75) is 58.4 Å². The summed E-state index contributed by atoms with van der Waals surface area (Å²) in [6.45, 7) is 8.72. The normalized spacial score (nSPS) is 10.9. The molecule has 0 unspecified atom stereocenters. The van der Waals surface area contributed by atoms with Crippen LogP contribution >= 0.6 is 11.8 Å². The van der Waals surface area contributed by atoms with Crippen LogP contribution in [0.25, 0.3) is 0 Å². The molecule has 0 saturated heterocycles. The van der Waals surface area contributed by atoms with Gasteiger partial charge in [-0.05, 0) is 38.3 Å². The van der Waals surface area contributed by atoms with E-state index in [4.69, 9.17) is 5.73 Å². The number of anilines is 2. The van der Waals surface area contributed by atoms with E-state index in [-0.39, 0.29) is 23.2 Å². The van der Waals surface area contributed by atoms with Gasteiger partial charge in [0.15, 0.2) is 5.69 Å². The van der Waals surface area contributed by atoms with Crippen molar-refractivity contribution in [3.63, 3.8) is 0 Å². The lowest BCUT2D eigenvalue weighted by Gasteiger charge is -2.24. The van der Waals surface area contributed by atoms with E-state index < -0.39 is 11.2 Å². The van der Waals surface area contributed by atoms with E-state index in [1.54, 1.807) is 0 Å². The Bertz CT molecular complexity index is 981. The quantitative estimate of drug-likeness (QED) is 0.610. The number of carbonyl (C=O) groups is 1. The minimum Gasteiger partial charge on any atom is -0.383 e. The lowest BCUT2D eigenvalue weighted by Crippen LogP contribution is -2.42. The third kappa shape index (κ3) is 5.53. The van der Waals surface area contributed by atoms with Crippen LogP contribution in [0.2, 0.25) is 0 Å². The fourth-order valence-corrected chi connectivity index (χ4v) is 4.03. The van der Waals surface area contributed by atoms with Gasteiger partial charge in [0.25, 0.3) is 5.56 Å². The Morgan fingerprint density at radius 1 is 1.21 bits per heavy atom. The number of carbonyl (C=O) groups excluding carboxylic acids is 1. The molecule has 0 aliphatic carbocycles. The van der Waals surface area contributed by atoms with Crippen LogP contribution in [0.3, 0.4) is 0 Å². The van der Waals surface area contributed by atoms with Crippen LogP contribution in [0.1, 0.15) is 44.2 Å². The lowest BCUT2D eigenvalue weighted by molar-refractivity contribution is -0.116. The van der Waals surface area contributed by atoms with Gasteiger partial charge in [0.05, 0.1) is 5.75 Å². The third-order valence-corrected chi connectivity index (χ3v) is 5.81. The second-order valence-electron chi connectivity index (χ2n) is 7.10. The molecular weight excluding hydrogens is 388 g/mol. The van der Waals surface area contributed by atoms with Crippen LogP contribution in [-0.4, -0.2) is 27.8 Å². The molecule has 0 aliphatic heterocycles. The molecule has 0 fully saturated rings. The summed E-state index contributed by atoms with van der Waals surface area (Å²) < 4.78 is 1.32. The van der Waals surface area contributed by atoms with Crippen molar-refractivity contribution < 1.29 is 4.79 Å². The molecule has 0 spiro atoms. The van der Waals surface area contributed by atoms with Gasteiger partial charge in [-0.3, -0.25) is 19.1 Å². The zero-order valence-corrected chi connectivity index (χ0v) is 18.4. The minimum absolute atomic E-state index is 0.0431. The number of hydrogen-bond donors (Lipinski definition) is 2. The average Bonchev–Trinajstić information content (AvgIpc) is 2.66. The van der Waals surface area contributed by atoms with Gasteiger partial charge in [0.2, 0.25) is 5.91 Å². The van der Waals surface area contributed by atoms with Crippen LogP contribution in [-0.2, 0) is 11.3 Å². The lowest BCUT2D eigenvalue weighted by atomic mass is 10.2. The molecule has 2 aromatic rings. The first-order valence-corrected chi connectivity index (χ1v) is 10.9. The molecular formula is C21H30N4O3S. The zero-order valence-electron chi connectivity index (χ0n) is 17.6. The molecule has 1 amide bonds. The fourth-order valence-electron chi connectivity index (χ4n) is 3.14. The number of hydrogen-bond acceptors (Lipinski definition) is 5. The van der Waals surface area contributed by atoms with Crippen molar-refractivity contribution in [3.05, 3.63) is 50.2 Å². The standard InChI is InChI=1S/C21H30N4O3S/c1-5-7-11-24(17(26)13-29-16-9-8-14(3)12-15(16)4)18-19(22)25(10-6-2)21(28)23-20(18)27/h8-9,12H,5-7,10-11,13,22H2,1-4H3,(H,23,27,28). The van der Waals surface area contributed by atoms with Crippen molar-refractivity contribution in [3.8, 4) is 0 Å². The van der Waals surface area contributed by atoms with E-state index in [9.17, 15) is 14.4 Å². The summed E-state index contributed by atoms with van der Waals surface area (Å²) in [6, 6.07) is 6.09.